The van der Waals surface area contributed by atoms with Gasteiger partial charge >= 0.3 is 0 Å². The van der Waals surface area contributed by atoms with Crippen molar-refractivity contribution < 1.29 is 19.1 Å². The van der Waals surface area contributed by atoms with Gasteiger partial charge in [0.1, 0.15) is 12.3 Å². The molecule has 1 N–H and O–H groups in total. The minimum atomic E-state index is -0.722. The lowest BCUT2D eigenvalue weighted by Gasteiger charge is -2.32. The van der Waals surface area contributed by atoms with Gasteiger partial charge in [0.15, 0.2) is 22.0 Å². The Morgan fingerprint density at radius 2 is 2.09 bits per heavy atom. The van der Waals surface area contributed by atoms with Crippen LogP contribution < -0.4 is 15.0 Å². The number of benzene rings is 1. The molecule has 11 heteroatoms. The van der Waals surface area contributed by atoms with E-state index in [-0.39, 0.29) is 18.2 Å². The van der Waals surface area contributed by atoms with E-state index in [0.717, 1.165) is 27.6 Å². The lowest BCUT2D eigenvalue weighted by Crippen LogP contribution is -2.47. The first kappa shape index (κ1) is 21.3. The fraction of sp³-hybridized carbons (Fsp3) is 0.227. The highest BCUT2D eigenvalue weighted by Gasteiger charge is 2.33. The number of imidazole rings is 1. The Morgan fingerprint density at radius 1 is 1.27 bits per heavy atom. The Kier molecular flexibility index (Phi) is 5.22. The van der Waals surface area contributed by atoms with E-state index in [0.29, 0.717) is 27.1 Å². The van der Waals surface area contributed by atoms with Crippen molar-refractivity contribution in [2.45, 2.75) is 26.9 Å². The molecule has 9 nitrogen and oxygen atoms in total. The summed E-state index contributed by atoms with van der Waals surface area (Å²) in [5.41, 5.74) is 2.63. The van der Waals surface area contributed by atoms with Crippen molar-refractivity contribution in [3.8, 4) is 17.0 Å². The monoisotopic (exact) mass is 481 g/mol. The number of fused-ring (bicyclic) bond motifs is 2. The molecule has 4 heterocycles. The number of amides is 2. The van der Waals surface area contributed by atoms with Gasteiger partial charge in [-0.15, -0.1) is 11.3 Å². The number of nitrogens with one attached hydrogen (secondary N) is 1. The summed E-state index contributed by atoms with van der Waals surface area (Å²) in [5.74, 6) is -0.326. The third-order valence-electron chi connectivity index (χ3n) is 5.22. The van der Waals surface area contributed by atoms with Gasteiger partial charge in [-0.3, -0.25) is 23.7 Å². The van der Waals surface area contributed by atoms with Gasteiger partial charge < -0.3 is 10.1 Å². The van der Waals surface area contributed by atoms with E-state index in [1.165, 1.54) is 23.2 Å². The number of aromatic nitrogens is 3. The molecule has 1 unspecified atom stereocenters. The molecule has 1 atom stereocenters. The number of carbonyl (C=O) groups is 3. The molecule has 0 saturated heterocycles. The van der Waals surface area contributed by atoms with Crippen LogP contribution in [0.25, 0.3) is 16.2 Å². The first-order valence-electron chi connectivity index (χ1n) is 10.1. The number of nitrogens with zero attached hydrogens (tertiary/aromatic N) is 4. The minimum absolute atomic E-state index is 0.108. The maximum absolute atomic E-state index is 12.9. The van der Waals surface area contributed by atoms with Crippen molar-refractivity contribution in [2.75, 3.05) is 16.8 Å². The zero-order chi connectivity index (χ0) is 23.3. The van der Waals surface area contributed by atoms with Gasteiger partial charge in [0, 0.05) is 30.3 Å². The summed E-state index contributed by atoms with van der Waals surface area (Å²) in [4.78, 5) is 49.0. The zero-order valence-electron chi connectivity index (χ0n) is 18.0. The molecule has 0 bridgehead atoms. The van der Waals surface area contributed by atoms with Gasteiger partial charge in [0.05, 0.1) is 22.0 Å². The molecule has 0 fully saturated rings. The molecular formula is C22H19N5O4S2. The third-order valence-corrected chi connectivity index (χ3v) is 7.17. The lowest BCUT2D eigenvalue weighted by molar-refractivity contribution is -0.127. The smallest absolute Gasteiger partial charge is 0.268 e. The van der Waals surface area contributed by atoms with E-state index in [4.69, 9.17) is 4.74 Å². The average Bonchev–Trinajstić information content (AvgIpc) is 3.46. The molecule has 33 heavy (non-hydrogen) atoms. The van der Waals surface area contributed by atoms with E-state index in [9.17, 15) is 14.4 Å². The van der Waals surface area contributed by atoms with Gasteiger partial charge in [-0.25, -0.2) is 9.97 Å². The van der Waals surface area contributed by atoms with Gasteiger partial charge in [-0.05, 0) is 32.0 Å². The molecule has 0 aliphatic carbocycles. The lowest BCUT2D eigenvalue weighted by atomic mass is 10.1. The highest BCUT2D eigenvalue weighted by atomic mass is 32.1. The molecule has 168 valence electrons. The number of aryl methyl sites for hydroxylation is 1. The number of thiazole rings is 2. The van der Waals surface area contributed by atoms with Crippen LogP contribution >= 0.6 is 22.7 Å². The standard InChI is InChI=1S/C22H19N5O4S2/c1-11-19(12(2)28)33-21(23-11)25-18(29)10-27-16-8-14(4-5-17(16)31-13(3)20(27)30)15-9-26-6-7-32-22(26)24-15/h4-9,13H,10H2,1-3H3,(H,23,25,29). The van der Waals surface area contributed by atoms with E-state index in [1.807, 2.05) is 28.2 Å². The summed E-state index contributed by atoms with van der Waals surface area (Å²) in [6.45, 7) is 4.61. The highest BCUT2D eigenvalue weighted by Crippen LogP contribution is 2.37. The topological polar surface area (TPSA) is 106 Å². The van der Waals surface area contributed by atoms with Crippen LogP contribution in [0.3, 0.4) is 0 Å². The number of ether oxygens (including phenoxy) is 1. The normalized spacial score (nSPS) is 15.4. The van der Waals surface area contributed by atoms with E-state index >= 15 is 0 Å². The predicted molar refractivity (Wildman–Crippen MR) is 126 cm³/mol. The quantitative estimate of drug-likeness (QED) is 0.435. The van der Waals surface area contributed by atoms with Gasteiger partial charge in [-0.1, -0.05) is 11.3 Å². The molecular weight excluding hydrogens is 462 g/mol. The van der Waals surface area contributed by atoms with Crippen molar-refractivity contribution in [3.05, 3.63) is 46.5 Å². The zero-order valence-corrected chi connectivity index (χ0v) is 19.6. The molecule has 1 aliphatic rings. The maximum atomic E-state index is 12.9. The van der Waals surface area contributed by atoms with Gasteiger partial charge in [0.2, 0.25) is 5.91 Å². The summed E-state index contributed by atoms with van der Waals surface area (Å²) in [6.07, 6.45) is 3.12. The van der Waals surface area contributed by atoms with Crippen molar-refractivity contribution >= 4 is 56.1 Å². The van der Waals surface area contributed by atoms with Crippen LogP contribution in [0.5, 0.6) is 5.75 Å². The van der Waals surface area contributed by atoms with Crippen LogP contribution in [0.1, 0.15) is 29.2 Å². The number of carbonyl (C=O) groups excluding carboxylic acids is 3. The molecule has 0 saturated carbocycles. The van der Waals surface area contributed by atoms with Crippen molar-refractivity contribution in [2.24, 2.45) is 0 Å². The fourth-order valence-corrected chi connectivity index (χ4v) is 5.25. The molecule has 1 aromatic carbocycles. The van der Waals surface area contributed by atoms with E-state index in [2.05, 4.69) is 15.3 Å². The Balaban J connectivity index is 1.43. The van der Waals surface area contributed by atoms with Crippen LogP contribution in [0.15, 0.2) is 36.0 Å². The predicted octanol–water partition coefficient (Wildman–Crippen LogP) is 3.78. The average molecular weight is 482 g/mol. The minimum Gasteiger partial charge on any atom is -0.479 e. The second-order valence-corrected chi connectivity index (χ2v) is 9.50. The SMILES string of the molecule is CC(=O)c1sc(NC(=O)CN2C(=O)C(C)Oc3ccc(-c4cn5ccsc5n4)cc32)nc1C. The summed E-state index contributed by atoms with van der Waals surface area (Å²) in [5, 5.41) is 4.98. The number of hydrogen-bond acceptors (Lipinski definition) is 8. The number of hydrogen-bond donors (Lipinski definition) is 1. The van der Waals surface area contributed by atoms with E-state index < -0.39 is 12.0 Å². The molecule has 0 spiro atoms. The number of rotatable bonds is 5. The molecule has 3 aromatic heterocycles. The largest absolute Gasteiger partial charge is 0.479 e. The summed E-state index contributed by atoms with van der Waals surface area (Å²) < 4.78 is 7.69. The molecule has 5 rings (SSSR count). The second-order valence-electron chi connectivity index (χ2n) is 7.62. The van der Waals surface area contributed by atoms with Crippen LogP contribution in [0.2, 0.25) is 0 Å². The van der Waals surface area contributed by atoms with Gasteiger partial charge in [0.25, 0.3) is 5.91 Å². The van der Waals surface area contributed by atoms with Crippen LogP contribution in [-0.4, -0.2) is 44.6 Å². The Labute approximate surface area is 196 Å². The molecule has 1 aliphatic heterocycles. The van der Waals surface area contributed by atoms with Crippen molar-refractivity contribution in [1.29, 1.82) is 0 Å². The van der Waals surface area contributed by atoms with Gasteiger partial charge in [-0.2, -0.15) is 0 Å². The van der Waals surface area contributed by atoms with Crippen molar-refractivity contribution in [3.63, 3.8) is 0 Å². The Morgan fingerprint density at radius 3 is 2.82 bits per heavy atom. The van der Waals surface area contributed by atoms with Crippen LogP contribution in [0.4, 0.5) is 10.8 Å². The van der Waals surface area contributed by atoms with E-state index in [1.54, 1.807) is 26.0 Å². The summed E-state index contributed by atoms with van der Waals surface area (Å²) in [7, 11) is 0. The Bertz CT molecular complexity index is 1390. The van der Waals surface area contributed by atoms with Crippen LogP contribution in [0, 0.1) is 6.92 Å². The van der Waals surface area contributed by atoms with Crippen molar-refractivity contribution in [1.82, 2.24) is 14.4 Å². The molecule has 0 radical (unpaired) electrons. The Hall–Kier alpha value is -3.57. The number of ketones is 1. The molecule has 2 amide bonds. The molecule has 4 aromatic rings. The number of Topliss-reactive ketones (excluding diaryl/α,β-unsaturated/α-hetero) is 1. The second kappa shape index (κ2) is 8.09. The first-order chi connectivity index (χ1) is 15.8. The third kappa shape index (κ3) is 3.89. The fourth-order valence-electron chi connectivity index (χ4n) is 3.67. The van der Waals surface area contributed by atoms with Crippen LogP contribution in [-0.2, 0) is 9.59 Å². The summed E-state index contributed by atoms with van der Waals surface area (Å²) in [6, 6.07) is 5.48. The maximum Gasteiger partial charge on any atom is 0.268 e. The first-order valence-corrected chi connectivity index (χ1v) is 11.8. The summed E-state index contributed by atoms with van der Waals surface area (Å²) >= 11 is 2.65. The number of anilines is 2. The highest BCUT2D eigenvalue weighted by molar-refractivity contribution is 7.17.